The van der Waals surface area contributed by atoms with Crippen LogP contribution in [0.3, 0.4) is 0 Å². The maximum atomic E-state index is 12.5. The maximum absolute atomic E-state index is 12.5. The molecule has 0 saturated carbocycles. The molecule has 4 rings (SSSR count). The molecule has 0 spiro atoms. The van der Waals surface area contributed by atoms with Crippen molar-refractivity contribution in [1.29, 1.82) is 0 Å². The minimum absolute atomic E-state index is 0.0861. The molecule has 27 heavy (non-hydrogen) atoms. The zero-order valence-corrected chi connectivity index (χ0v) is 15.2. The Balaban J connectivity index is 1.61. The number of aryl methyl sites for hydroxylation is 1. The van der Waals surface area contributed by atoms with Gasteiger partial charge in [-0.1, -0.05) is 60.2 Å². The van der Waals surface area contributed by atoms with Crippen LogP contribution >= 0.6 is 0 Å². The van der Waals surface area contributed by atoms with Crippen LogP contribution in [0.2, 0.25) is 0 Å². The molecule has 1 amide bonds. The van der Waals surface area contributed by atoms with E-state index in [0.717, 1.165) is 29.0 Å². The highest BCUT2D eigenvalue weighted by Gasteiger charge is 2.13. The minimum Gasteiger partial charge on any atom is -0.345 e. The van der Waals surface area contributed by atoms with E-state index >= 15 is 0 Å². The Morgan fingerprint density at radius 3 is 2.56 bits per heavy atom. The van der Waals surface area contributed by atoms with Gasteiger partial charge in [0.2, 0.25) is 0 Å². The van der Waals surface area contributed by atoms with Crippen molar-refractivity contribution in [1.82, 2.24) is 14.9 Å². The molecule has 0 aliphatic rings. The van der Waals surface area contributed by atoms with Gasteiger partial charge in [0, 0.05) is 12.1 Å². The van der Waals surface area contributed by atoms with E-state index in [1.165, 1.54) is 5.56 Å². The lowest BCUT2D eigenvalue weighted by Crippen LogP contribution is -2.25. The fraction of sp³-hybridized carbons (Fsp3) is 0.130. The highest BCUT2D eigenvalue weighted by molar-refractivity contribution is 5.94. The monoisotopic (exact) mass is 355 g/mol. The van der Waals surface area contributed by atoms with E-state index in [9.17, 15) is 4.79 Å². The van der Waals surface area contributed by atoms with Crippen molar-refractivity contribution in [3.8, 4) is 0 Å². The van der Waals surface area contributed by atoms with E-state index in [4.69, 9.17) is 4.98 Å². The molecule has 1 N–H and O–H groups in total. The van der Waals surface area contributed by atoms with Crippen LogP contribution in [0, 0.1) is 6.92 Å². The third-order valence-corrected chi connectivity index (χ3v) is 4.60. The van der Waals surface area contributed by atoms with E-state index < -0.39 is 0 Å². The van der Waals surface area contributed by atoms with Crippen LogP contribution in [-0.4, -0.2) is 15.5 Å². The minimum atomic E-state index is -0.0861. The number of rotatable bonds is 5. The van der Waals surface area contributed by atoms with Gasteiger partial charge in [-0.2, -0.15) is 0 Å². The van der Waals surface area contributed by atoms with E-state index in [0.29, 0.717) is 12.1 Å². The molecule has 0 unspecified atom stereocenters. The first kappa shape index (κ1) is 17.0. The van der Waals surface area contributed by atoms with Crippen molar-refractivity contribution in [3.63, 3.8) is 0 Å². The normalized spacial score (nSPS) is 10.9. The van der Waals surface area contributed by atoms with Gasteiger partial charge in [0.15, 0.2) is 0 Å². The Labute approximate surface area is 158 Å². The third-order valence-electron chi connectivity index (χ3n) is 4.60. The van der Waals surface area contributed by atoms with Gasteiger partial charge < -0.3 is 9.88 Å². The molecule has 0 fully saturated rings. The number of aromatic nitrogens is 2. The smallest absolute Gasteiger partial charge is 0.251 e. The van der Waals surface area contributed by atoms with Crippen molar-refractivity contribution in [2.45, 2.75) is 20.0 Å². The van der Waals surface area contributed by atoms with E-state index in [1.54, 1.807) is 0 Å². The van der Waals surface area contributed by atoms with E-state index in [1.807, 2.05) is 67.6 Å². The summed E-state index contributed by atoms with van der Waals surface area (Å²) in [5.41, 5.74) is 4.95. The van der Waals surface area contributed by atoms with Gasteiger partial charge in [0.25, 0.3) is 5.91 Å². The fourth-order valence-corrected chi connectivity index (χ4v) is 3.25. The van der Waals surface area contributed by atoms with Crippen molar-refractivity contribution >= 4 is 16.9 Å². The number of fused-ring (bicyclic) bond motifs is 1. The highest BCUT2D eigenvalue weighted by Crippen LogP contribution is 2.18. The molecule has 0 aliphatic carbocycles. The van der Waals surface area contributed by atoms with Gasteiger partial charge in [-0.25, -0.2) is 4.98 Å². The maximum Gasteiger partial charge on any atom is 0.251 e. The second-order valence-electron chi connectivity index (χ2n) is 6.64. The lowest BCUT2D eigenvalue weighted by atomic mass is 10.1. The van der Waals surface area contributed by atoms with Crippen LogP contribution in [0.5, 0.6) is 0 Å². The number of hydrogen-bond acceptors (Lipinski definition) is 2. The van der Waals surface area contributed by atoms with Crippen LogP contribution in [0.4, 0.5) is 0 Å². The average Bonchev–Trinajstić information content (AvgIpc) is 3.04. The van der Waals surface area contributed by atoms with Crippen molar-refractivity contribution in [2.75, 3.05) is 0 Å². The first-order chi connectivity index (χ1) is 13.2. The van der Waals surface area contributed by atoms with Gasteiger partial charge in [-0.15, -0.1) is 0 Å². The van der Waals surface area contributed by atoms with Crippen LogP contribution in [-0.2, 0) is 13.1 Å². The number of hydrogen-bond donors (Lipinski definition) is 1. The number of carbonyl (C=O) groups excluding carboxylic acids is 1. The van der Waals surface area contributed by atoms with Gasteiger partial charge in [0.05, 0.1) is 17.6 Å². The Morgan fingerprint density at radius 2 is 1.74 bits per heavy atom. The summed E-state index contributed by atoms with van der Waals surface area (Å²) in [4.78, 5) is 17.2. The van der Waals surface area contributed by atoms with Crippen LogP contribution in [0.1, 0.15) is 27.3 Å². The molecular formula is C23H21N3O. The molecule has 0 saturated heterocycles. The molecule has 1 heterocycles. The zero-order valence-electron chi connectivity index (χ0n) is 15.2. The molecule has 4 heteroatoms. The van der Waals surface area contributed by atoms with Gasteiger partial charge in [0.1, 0.15) is 5.82 Å². The van der Waals surface area contributed by atoms with Crippen LogP contribution < -0.4 is 5.32 Å². The quantitative estimate of drug-likeness (QED) is 0.579. The number of para-hydroxylation sites is 2. The predicted molar refractivity (Wildman–Crippen MR) is 108 cm³/mol. The zero-order chi connectivity index (χ0) is 18.6. The van der Waals surface area contributed by atoms with Gasteiger partial charge >= 0.3 is 0 Å². The lowest BCUT2D eigenvalue weighted by molar-refractivity contribution is 0.0949. The molecule has 0 aliphatic heterocycles. The Bertz CT molecular complexity index is 1080. The van der Waals surface area contributed by atoms with Crippen LogP contribution in [0.15, 0.2) is 78.9 Å². The second kappa shape index (κ2) is 7.46. The fourth-order valence-electron chi connectivity index (χ4n) is 3.25. The summed E-state index contributed by atoms with van der Waals surface area (Å²) in [6.45, 7) is 3.08. The molecule has 3 aromatic carbocycles. The SMILES string of the molecule is Cc1cccc(C(=O)NCc2nc3ccccc3n2Cc2ccccc2)c1. The molecule has 0 radical (unpaired) electrons. The third kappa shape index (κ3) is 3.75. The summed E-state index contributed by atoms with van der Waals surface area (Å²) >= 11 is 0. The molecule has 4 aromatic rings. The molecule has 0 atom stereocenters. The van der Waals surface area contributed by atoms with E-state index in [2.05, 4.69) is 28.1 Å². The summed E-state index contributed by atoms with van der Waals surface area (Å²) in [5, 5.41) is 3.01. The van der Waals surface area contributed by atoms with Crippen LogP contribution in [0.25, 0.3) is 11.0 Å². The summed E-state index contributed by atoms with van der Waals surface area (Å²) in [7, 11) is 0. The summed E-state index contributed by atoms with van der Waals surface area (Å²) in [6.07, 6.45) is 0. The van der Waals surface area contributed by atoms with Gasteiger partial charge in [-0.3, -0.25) is 4.79 Å². The highest BCUT2D eigenvalue weighted by atomic mass is 16.1. The predicted octanol–water partition coefficient (Wildman–Crippen LogP) is 4.32. The number of amides is 1. The van der Waals surface area contributed by atoms with Gasteiger partial charge in [-0.05, 0) is 36.8 Å². The average molecular weight is 355 g/mol. The second-order valence-corrected chi connectivity index (χ2v) is 6.64. The van der Waals surface area contributed by atoms with E-state index in [-0.39, 0.29) is 5.91 Å². The standard InChI is InChI=1S/C23H21N3O/c1-17-8-7-11-19(14-17)23(27)24-15-22-25-20-12-5-6-13-21(20)26(22)16-18-9-3-2-4-10-18/h2-14H,15-16H2,1H3,(H,24,27). The Hall–Kier alpha value is -3.40. The number of carbonyl (C=O) groups is 1. The summed E-state index contributed by atoms with van der Waals surface area (Å²) < 4.78 is 2.17. The number of nitrogens with one attached hydrogen (secondary N) is 1. The number of benzene rings is 3. The molecule has 1 aromatic heterocycles. The summed E-state index contributed by atoms with van der Waals surface area (Å²) in [5.74, 6) is 0.762. The van der Waals surface area contributed by atoms with Crippen molar-refractivity contribution < 1.29 is 4.79 Å². The molecule has 134 valence electrons. The molecular weight excluding hydrogens is 334 g/mol. The largest absolute Gasteiger partial charge is 0.345 e. The number of imidazole rings is 1. The Morgan fingerprint density at radius 1 is 0.963 bits per heavy atom. The summed E-state index contributed by atoms with van der Waals surface area (Å²) in [6, 6.07) is 26.0. The lowest BCUT2D eigenvalue weighted by Gasteiger charge is -2.11. The topological polar surface area (TPSA) is 46.9 Å². The molecule has 4 nitrogen and oxygen atoms in total. The first-order valence-corrected chi connectivity index (χ1v) is 9.03. The molecule has 0 bridgehead atoms. The van der Waals surface area contributed by atoms with Crippen molar-refractivity contribution in [2.24, 2.45) is 0 Å². The number of nitrogens with zero attached hydrogens (tertiary/aromatic N) is 2. The Kier molecular flexibility index (Phi) is 4.71. The van der Waals surface area contributed by atoms with Crippen molar-refractivity contribution in [3.05, 3.63) is 101 Å². The first-order valence-electron chi connectivity index (χ1n) is 9.03.